The number of carbonyl (C=O) groups is 3. The molecule has 6 heterocycles. The van der Waals surface area contributed by atoms with Crippen molar-refractivity contribution in [2.24, 2.45) is 11.3 Å². The van der Waals surface area contributed by atoms with Crippen molar-refractivity contribution in [3.8, 4) is 5.75 Å². The molecule has 0 radical (unpaired) electrons. The van der Waals surface area contributed by atoms with Gasteiger partial charge in [0.25, 0.3) is 0 Å². The monoisotopic (exact) mass is 894 g/mol. The van der Waals surface area contributed by atoms with Gasteiger partial charge in [0.1, 0.15) is 17.3 Å². The molecule has 5 aliphatic heterocycles. The number of aromatic nitrogens is 1. The first-order chi connectivity index (χ1) is 29.9. The zero-order chi connectivity index (χ0) is 45.5. The van der Waals surface area contributed by atoms with Gasteiger partial charge in [-0.25, -0.2) is 4.79 Å². The van der Waals surface area contributed by atoms with E-state index in [1.165, 1.54) is 26.2 Å². The van der Waals surface area contributed by atoms with Crippen molar-refractivity contribution in [1.82, 2.24) is 14.8 Å². The summed E-state index contributed by atoms with van der Waals surface area (Å²) in [6.45, 7) is 7.01. The highest BCUT2D eigenvalue weighted by atomic mass is 32.3. The highest BCUT2D eigenvalue weighted by Gasteiger charge is 2.79. The van der Waals surface area contributed by atoms with Crippen molar-refractivity contribution < 1.29 is 61.1 Å². The zero-order valence-corrected chi connectivity index (χ0v) is 37.3. The van der Waals surface area contributed by atoms with Crippen LogP contribution in [0.1, 0.15) is 68.3 Å². The number of nitrogens with zero attached hydrogens (tertiary/aromatic N) is 3. The first-order valence-electron chi connectivity index (χ1n) is 21.5. The number of anilines is 1. The third kappa shape index (κ3) is 6.42. The van der Waals surface area contributed by atoms with Crippen molar-refractivity contribution in [3.05, 3.63) is 70.9 Å². The van der Waals surface area contributed by atoms with Crippen LogP contribution in [0.2, 0.25) is 0 Å². The van der Waals surface area contributed by atoms with Gasteiger partial charge in [-0.3, -0.25) is 28.1 Å². The van der Waals surface area contributed by atoms with Crippen molar-refractivity contribution in [2.75, 3.05) is 66.1 Å². The van der Waals surface area contributed by atoms with Crippen LogP contribution in [-0.4, -0.2) is 152 Å². The second kappa shape index (κ2) is 15.9. The van der Waals surface area contributed by atoms with E-state index in [1.807, 2.05) is 50.3 Å². The van der Waals surface area contributed by atoms with Crippen molar-refractivity contribution in [3.63, 3.8) is 0 Å². The molecule has 2 saturated heterocycles. The van der Waals surface area contributed by atoms with Gasteiger partial charge >= 0.3 is 22.3 Å². The minimum Gasteiger partial charge on any atom is -0.496 e. The van der Waals surface area contributed by atoms with Gasteiger partial charge in [0, 0.05) is 71.3 Å². The molecule has 1 aromatic heterocycles. The lowest BCUT2D eigenvalue weighted by atomic mass is 9.47. The Kier molecular flexibility index (Phi) is 11.4. The van der Waals surface area contributed by atoms with Gasteiger partial charge in [0.05, 0.1) is 45.8 Å². The summed E-state index contributed by atoms with van der Waals surface area (Å²) in [7, 11) is 0.813. The molecule has 2 aromatic carbocycles. The predicted octanol–water partition coefficient (Wildman–Crippen LogP) is 2.38. The Labute approximate surface area is 366 Å². The summed E-state index contributed by atoms with van der Waals surface area (Å²) < 4.78 is 47.1. The molecular weight excluding hydrogens is 837 g/mol. The number of para-hydroxylation sites is 1. The van der Waals surface area contributed by atoms with Gasteiger partial charge in [-0.2, -0.15) is 8.42 Å². The summed E-state index contributed by atoms with van der Waals surface area (Å²) >= 11 is 0. The second-order valence-electron chi connectivity index (χ2n) is 18.1. The van der Waals surface area contributed by atoms with Crippen LogP contribution in [0.3, 0.4) is 0 Å². The second-order valence-corrected chi connectivity index (χ2v) is 19.3. The SMILES string of the molecule is CC[C@]1(O)C[C@H]2CN(CCc3c([nH]c4ccccc34)[C@@](C(=O)OC)(c3cc4c(cc3OC)N(C=O)[C@H]3[C@@](O)(C(=O)OC)[C@H](O)[C@]5(CC)C=CCN6CC[C@]43[C@@H]65)C2)C1.COS(=O)(=O)O. The lowest BCUT2D eigenvalue weighted by molar-refractivity contribution is -0.218. The minimum atomic E-state index is -4.16. The smallest absolute Gasteiger partial charge is 0.397 e. The number of aromatic amines is 1. The number of fused-ring (bicyclic) bond motifs is 6. The number of aliphatic hydroxyl groups is 3. The zero-order valence-electron chi connectivity index (χ0n) is 36.5. The summed E-state index contributed by atoms with van der Waals surface area (Å²) in [5.74, 6) is -1.33. The number of benzene rings is 2. The number of methoxy groups -OCH3 is 3. The maximum absolute atomic E-state index is 15.2. The molecule has 1 unspecified atom stereocenters. The number of carbonyl (C=O) groups excluding carboxylic acids is 3. The van der Waals surface area contributed by atoms with Crippen molar-refractivity contribution in [1.29, 1.82) is 0 Å². The van der Waals surface area contributed by atoms with E-state index >= 15 is 4.79 Å². The van der Waals surface area contributed by atoms with Crippen molar-refractivity contribution in [2.45, 2.75) is 92.6 Å². The standard InChI is InChI=1S/C44H54N4O9.CH4O4S/c1-6-40(53)21-26-22-43(38(51)56-4,34-28(13-17-46(23-26)24-40)27-11-8-9-12-31(27)45-34)30-19-29-32(20-33(30)55-3)48(25-49)36-42(29)15-18-47-16-10-14-41(7-2,35(42)47)37(50)44(36,54)39(52)57-5;1-5-6(2,3)4/h8-12,14,19-20,25-26,35-37,45,50,53-54H,6-7,13,15-18,21-24H2,1-5H3;1H3,(H,2,3,4)/t26-,35+,36-,37-,40+,41-,42-,43+,44+;/m1./s1. The Morgan fingerprint density at radius 1 is 0.968 bits per heavy atom. The molecule has 342 valence electrons. The summed E-state index contributed by atoms with van der Waals surface area (Å²) in [5.41, 5.74) is -2.95. The van der Waals surface area contributed by atoms with Gasteiger partial charge < -0.3 is 39.4 Å². The fourth-order valence-electron chi connectivity index (χ4n) is 13.0. The summed E-state index contributed by atoms with van der Waals surface area (Å²) in [6, 6.07) is 10.1. The molecule has 2 bridgehead atoms. The number of piperidine rings is 1. The quantitative estimate of drug-likeness (QED) is 0.0947. The highest BCUT2D eigenvalue weighted by molar-refractivity contribution is 7.80. The van der Waals surface area contributed by atoms with Gasteiger partial charge in [-0.1, -0.05) is 44.2 Å². The normalized spacial score (nSPS) is 35.4. The van der Waals surface area contributed by atoms with Crippen LogP contribution in [0, 0.1) is 11.3 Å². The van der Waals surface area contributed by atoms with E-state index < -0.39 is 68.0 Å². The minimum absolute atomic E-state index is 0.136. The van der Waals surface area contributed by atoms with Gasteiger partial charge in [0.15, 0.2) is 0 Å². The van der Waals surface area contributed by atoms with Crippen LogP contribution >= 0.6 is 0 Å². The largest absolute Gasteiger partial charge is 0.496 e. The maximum atomic E-state index is 15.2. The molecular formula is C45H58N4O13S. The van der Waals surface area contributed by atoms with E-state index in [4.69, 9.17) is 18.8 Å². The average Bonchev–Trinajstić information content (AvgIpc) is 3.96. The molecule has 9 rings (SSSR count). The molecule has 3 aromatic rings. The molecule has 3 fully saturated rings. The highest BCUT2D eigenvalue weighted by Crippen LogP contribution is 2.68. The van der Waals surface area contributed by atoms with Crippen LogP contribution in [-0.2, 0) is 55.7 Å². The number of H-pyrrole nitrogens is 1. The first-order valence-corrected chi connectivity index (χ1v) is 22.8. The number of amides is 1. The van der Waals surface area contributed by atoms with Gasteiger partial charge in [0.2, 0.25) is 12.0 Å². The molecule has 6 aliphatic rings. The lowest BCUT2D eigenvalue weighted by Gasteiger charge is -2.62. The Bertz CT molecular complexity index is 2460. The maximum Gasteiger partial charge on any atom is 0.397 e. The van der Waals surface area contributed by atoms with Gasteiger partial charge in [-0.15, -0.1) is 0 Å². The first kappa shape index (κ1) is 45.2. The predicted molar refractivity (Wildman–Crippen MR) is 230 cm³/mol. The van der Waals surface area contributed by atoms with E-state index in [1.54, 1.807) is 6.07 Å². The Morgan fingerprint density at radius 3 is 2.32 bits per heavy atom. The number of hydrogen-bond donors (Lipinski definition) is 5. The topological polar surface area (TPSA) is 229 Å². The Hall–Kier alpha value is -4.40. The third-order valence-corrected chi connectivity index (χ3v) is 15.9. The number of hydrogen-bond acceptors (Lipinski definition) is 14. The lowest BCUT2D eigenvalue weighted by Crippen LogP contribution is -2.81. The Morgan fingerprint density at radius 2 is 1.68 bits per heavy atom. The summed E-state index contributed by atoms with van der Waals surface area (Å²) in [4.78, 5) is 52.5. The molecule has 18 heteroatoms. The molecule has 1 saturated carbocycles. The summed E-state index contributed by atoms with van der Waals surface area (Å²) in [5, 5.41) is 38.2. The fraction of sp³-hybridized carbons (Fsp3) is 0.578. The van der Waals surface area contributed by atoms with Crippen LogP contribution in [0.4, 0.5) is 5.69 Å². The average molecular weight is 895 g/mol. The van der Waals surface area contributed by atoms with E-state index in [2.05, 4.69) is 25.0 Å². The third-order valence-electron chi connectivity index (χ3n) is 15.5. The molecule has 63 heavy (non-hydrogen) atoms. The number of aliphatic hydroxyl groups excluding tert-OH is 1. The fourth-order valence-corrected chi connectivity index (χ4v) is 13.0. The molecule has 10 atom stereocenters. The molecule has 5 N–H and O–H groups in total. The summed E-state index contributed by atoms with van der Waals surface area (Å²) in [6.07, 6.45) is 5.71. The number of nitrogens with one attached hydrogen (secondary N) is 1. The molecule has 1 spiro atoms. The van der Waals surface area contributed by atoms with Crippen LogP contribution in [0.25, 0.3) is 10.9 Å². The van der Waals surface area contributed by atoms with Crippen LogP contribution in [0.5, 0.6) is 5.75 Å². The van der Waals surface area contributed by atoms with E-state index in [-0.39, 0.29) is 12.3 Å². The van der Waals surface area contributed by atoms with Crippen LogP contribution < -0.4 is 9.64 Å². The van der Waals surface area contributed by atoms with Crippen LogP contribution in [0.15, 0.2) is 48.6 Å². The molecule has 1 aliphatic carbocycles. The van der Waals surface area contributed by atoms with E-state index in [0.717, 1.165) is 23.6 Å². The number of ether oxygens (including phenoxy) is 3. The number of rotatable bonds is 8. The van der Waals surface area contributed by atoms with E-state index in [9.17, 15) is 33.3 Å². The van der Waals surface area contributed by atoms with Gasteiger partial charge in [-0.05, 0) is 74.2 Å². The van der Waals surface area contributed by atoms with E-state index in [0.29, 0.717) is 99.5 Å². The molecule has 1 amide bonds. The Balaban J connectivity index is 0.000000849. The molecule has 17 nitrogen and oxygen atoms in total. The number of esters is 2. The van der Waals surface area contributed by atoms with Crippen molar-refractivity contribution >= 4 is 45.3 Å².